The average Bonchev–Trinajstić information content (AvgIpc) is 2.29. The third-order valence-corrected chi connectivity index (χ3v) is 2.51. The molecule has 1 aromatic rings. The third kappa shape index (κ3) is 2.67. The van der Waals surface area contributed by atoms with E-state index in [0.29, 0.717) is 11.7 Å². The van der Waals surface area contributed by atoms with E-state index in [2.05, 4.69) is 15.3 Å². The monoisotopic (exact) mass is 218 g/mol. The van der Waals surface area contributed by atoms with E-state index in [0.717, 1.165) is 31.6 Å². The highest BCUT2D eigenvalue weighted by Gasteiger charge is 2.16. The van der Waals surface area contributed by atoms with Gasteiger partial charge in [0.2, 0.25) is 0 Å². The second-order valence-corrected chi connectivity index (χ2v) is 3.86. The highest BCUT2D eigenvalue weighted by molar-refractivity contribution is 5.23. The number of piperidine rings is 1. The molecule has 0 aromatic carbocycles. The van der Waals surface area contributed by atoms with Crippen LogP contribution in [0.15, 0.2) is 6.07 Å². The number of aryl methyl sites for hydroxylation is 1. The molecule has 0 saturated carbocycles. The van der Waals surface area contributed by atoms with E-state index in [1.165, 1.54) is 0 Å². The molecule has 84 valence electrons. The second kappa shape index (κ2) is 4.90. The fourth-order valence-electron chi connectivity index (χ4n) is 1.71. The molecule has 16 heavy (non-hydrogen) atoms. The summed E-state index contributed by atoms with van der Waals surface area (Å²) < 4.78 is 5.67. The number of hydrogen-bond acceptors (Lipinski definition) is 5. The number of aromatic nitrogens is 2. The molecule has 0 bridgehead atoms. The van der Waals surface area contributed by atoms with Crippen LogP contribution in [0.25, 0.3) is 0 Å². The predicted molar refractivity (Wildman–Crippen MR) is 58.0 cm³/mol. The third-order valence-electron chi connectivity index (χ3n) is 2.51. The van der Waals surface area contributed by atoms with E-state index < -0.39 is 0 Å². The van der Waals surface area contributed by atoms with Crippen molar-refractivity contribution in [3.63, 3.8) is 0 Å². The number of nitriles is 1. The van der Waals surface area contributed by atoms with Crippen LogP contribution in [0.3, 0.4) is 0 Å². The molecule has 1 aliphatic heterocycles. The lowest BCUT2D eigenvalue weighted by molar-refractivity contribution is 0.148. The maximum atomic E-state index is 8.79. The Morgan fingerprint density at radius 1 is 1.44 bits per heavy atom. The number of nitrogens with zero attached hydrogens (tertiary/aromatic N) is 3. The Morgan fingerprint density at radius 2 is 2.19 bits per heavy atom. The molecule has 1 saturated heterocycles. The van der Waals surface area contributed by atoms with Gasteiger partial charge in [-0.3, -0.25) is 0 Å². The zero-order chi connectivity index (χ0) is 11.4. The van der Waals surface area contributed by atoms with Gasteiger partial charge in [-0.25, -0.2) is 4.98 Å². The molecule has 0 radical (unpaired) electrons. The lowest BCUT2D eigenvalue weighted by Crippen LogP contribution is -2.34. The quantitative estimate of drug-likeness (QED) is 0.794. The summed E-state index contributed by atoms with van der Waals surface area (Å²) >= 11 is 0. The van der Waals surface area contributed by atoms with E-state index in [-0.39, 0.29) is 6.10 Å². The Hall–Kier alpha value is -1.67. The zero-order valence-corrected chi connectivity index (χ0v) is 9.23. The van der Waals surface area contributed by atoms with Crippen LogP contribution in [0.1, 0.15) is 24.2 Å². The largest absolute Gasteiger partial charge is 0.460 e. The minimum atomic E-state index is 0.162. The van der Waals surface area contributed by atoms with Gasteiger partial charge in [-0.15, -0.1) is 0 Å². The van der Waals surface area contributed by atoms with Crippen molar-refractivity contribution in [1.29, 1.82) is 5.26 Å². The molecule has 1 fully saturated rings. The Bertz CT molecular complexity index is 407. The Morgan fingerprint density at radius 3 is 2.88 bits per heavy atom. The van der Waals surface area contributed by atoms with Gasteiger partial charge in [0.05, 0.1) is 0 Å². The summed E-state index contributed by atoms with van der Waals surface area (Å²) in [5, 5.41) is 12.0. The molecular formula is C11H14N4O. The number of nitrogens with one attached hydrogen (secondary N) is 1. The highest BCUT2D eigenvalue weighted by atomic mass is 16.5. The van der Waals surface area contributed by atoms with Gasteiger partial charge in [0.25, 0.3) is 0 Å². The molecule has 0 atom stereocenters. The molecule has 1 N–H and O–H groups in total. The van der Waals surface area contributed by atoms with Gasteiger partial charge in [-0.05, 0) is 38.9 Å². The smallest absolute Gasteiger partial charge is 0.318 e. The first-order chi connectivity index (χ1) is 7.78. The standard InChI is InChI=1S/C11H14N4O/c1-8-6-9(7-12)15-11(14-8)16-10-2-4-13-5-3-10/h6,10,13H,2-5H2,1H3. The first-order valence-corrected chi connectivity index (χ1v) is 5.41. The lowest BCUT2D eigenvalue weighted by Gasteiger charge is -2.22. The molecule has 0 amide bonds. The molecule has 5 nitrogen and oxygen atoms in total. The van der Waals surface area contributed by atoms with Gasteiger partial charge >= 0.3 is 6.01 Å². The van der Waals surface area contributed by atoms with Crippen molar-refractivity contribution >= 4 is 0 Å². The van der Waals surface area contributed by atoms with Gasteiger partial charge in [-0.1, -0.05) is 0 Å². The summed E-state index contributed by atoms with van der Waals surface area (Å²) in [6.07, 6.45) is 2.08. The van der Waals surface area contributed by atoms with Crippen molar-refractivity contribution in [3.05, 3.63) is 17.5 Å². The van der Waals surface area contributed by atoms with Crippen LogP contribution in [0.4, 0.5) is 0 Å². The molecule has 0 unspecified atom stereocenters. The Balaban J connectivity index is 2.08. The first-order valence-electron chi connectivity index (χ1n) is 5.41. The molecule has 2 rings (SSSR count). The van der Waals surface area contributed by atoms with Crippen LogP contribution < -0.4 is 10.1 Å². The number of ether oxygens (including phenoxy) is 1. The minimum absolute atomic E-state index is 0.162. The van der Waals surface area contributed by atoms with E-state index in [9.17, 15) is 0 Å². The summed E-state index contributed by atoms with van der Waals surface area (Å²) in [7, 11) is 0. The molecule has 1 aliphatic rings. The number of hydrogen-bond donors (Lipinski definition) is 1. The van der Waals surface area contributed by atoms with E-state index in [4.69, 9.17) is 10.00 Å². The SMILES string of the molecule is Cc1cc(C#N)nc(OC2CCNCC2)n1. The molecule has 2 heterocycles. The van der Waals surface area contributed by atoms with E-state index >= 15 is 0 Å². The maximum Gasteiger partial charge on any atom is 0.318 e. The summed E-state index contributed by atoms with van der Waals surface area (Å²) in [5.41, 5.74) is 1.12. The van der Waals surface area contributed by atoms with Crippen LogP contribution in [-0.2, 0) is 0 Å². The molecule has 0 spiro atoms. The molecule has 0 aliphatic carbocycles. The van der Waals surface area contributed by atoms with Crippen molar-refractivity contribution in [3.8, 4) is 12.1 Å². The molecule has 5 heteroatoms. The van der Waals surface area contributed by atoms with Gasteiger partial charge in [0.15, 0.2) is 0 Å². The highest BCUT2D eigenvalue weighted by Crippen LogP contribution is 2.13. The predicted octanol–water partition coefficient (Wildman–Crippen LogP) is 0.787. The van der Waals surface area contributed by atoms with Crippen molar-refractivity contribution < 1.29 is 4.74 Å². The Kier molecular flexibility index (Phi) is 3.32. The van der Waals surface area contributed by atoms with Crippen LogP contribution in [-0.4, -0.2) is 29.2 Å². The number of rotatable bonds is 2. The van der Waals surface area contributed by atoms with Crippen molar-refractivity contribution in [2.24, 2.45) is 0 Å². The zero-order valence-electron chi connectivity index (χ0n) is 9.23. The molecular weight excluding hydrogens is 204 g/mol. The maximum absolute atomic E-state index is 8.79. The van der Waals surface area contributed by atoms with Crippen LogP contribution in [0.2, 0.25) is 0 Å². The van der Waals surface area contributed by atoms with E-state index in [1.54, 1.807) is 6.07 Å². The van der Waals surface area contributed by atoms with Crippen molar-refractivity contribution in [2.45, 2.75) is 25.9 Å². The van der Waals surface area contributed by atoms with Gasteiger partial charge < -0.3 is 10.1 Å². The average molecular weight is 218 g/mol. The fourth-order valence-corrected chi connectivity index (χ4v) is 1.71. The Labute approximate surface area is 94.5 Å². The normalized spacial score (nSPS) is 16.8. The van der Waals surface area contributed by atoms with Crippen LogP contribution >= 0.6 is 0 Å². The second-order valence-electron chi connectivity index (χ2n) is 3.86. The van der Waals surface area contributed by atoms with Gasteiger partial charge in [0, 0.05) is 5.69 Å². The summed E-state index contributed by atoms with van der Waals surface area (Å²) in [4.78, 5) is 8.20. The summed E-state index contributed by atoms with van der Waals surface area (Å²) in [6, 6.07) is 3.97. The fraction of sp³-hybridized carbons (Fsp3) is 0.545. The van der Waals surface area contributed by atoms with Gasteiger partial charge in [0.1, 0.15) is 17.9 Å². The van der Waals surface area contributed by atoms with Crippen LogP contribution in [0, 0.1) is 18.3 Å². The van der Waals surface area contributed by atoms with Gasteiger partial charge in [-0.2, -0.15) is 10.2 Å². The first kappa shape index (κ1) is 10.8. The van der Waals surface area contributed by atoms with Crippen molar-refractivity contribution in [2.75, 3.05) is 13.1 Å². The topological polar surface area (TPSA) is 70.8 Å². The van der Waals surface area contributed by atoms with E-state index in [1.807, 2.05) is 13.0 Å². The van der Waals surface area contributed by atoms with Crippen molar-refractivity contribution in [1.82, 2.24) is 15.3 Å². The van der Waals surface area contributed by atoms with Crippen LogP contribution in [0.5, 0.6) is 6.01 Å². The molecule has 1 aromatic heterocycles. The minimum Gasteiger partial charge on any atom is -0.460 e. The lowest BCUT2D eigenvalue weighted by atomic mass is 10.1. The summed E-state index contributed by atoms with van der Waals surface area (Å²) in [6.45, 7) is 3.75. The summed E-state index contributed by atoms with van der Waals surface area (Å²) in [5.74, 6) is 0.